The minimum absolute atomic E-state index is 0.448. The number of amides is 1. The van der Waals surface area contributed by atoms with Gasteiger partial charge in [-0.05, 0) is 30.3 Å². The summed E-state index contributed by atoms with van der Waals surface area (Å²) >= 11 is 0. The summed E-state index contributed by atoms with van der Waals surface area (Å²) in [6.45, 7) is 0. The van der Waals surface area contributed by atoms with E-state index in [9.17, 15) is 9.59 Å². The lowest BCUT2D eigenvalue weighted by atomic mass is 10.3. The Bertz CT molecular complexity index is 833. The zero-order valence-corrected chi connectivity index (χ0v) is 10.5. The van der Waals surface area contributed by atoms with E-state index < -0.39 is 11.7 Å². The summed E-state index contributed by atoms with van der Waals surface area (Å²) in [7, 11) is 0. The van der Waals surface area contributed by atoms with E-state index in [1.54, 1.807) is 42.5 Å². The van der Waals surface area contributed by atoms with Crippen molar-refractivity contribution in [3.05, 3.63) is 59.0 Å². The van der Waals surface area contributed by atoms with Gasteiger partial charge >= 0.3 is 11.7 Å². The molecule has 0 radical (unpaired) electrons. The summed E-state index contributed by atoms with van der Waals surface area (Å²) in [6.07, 6.45) is 0. The second-order valence-corrected chi connectivity index (χ2v) is 4.34. The van der Waals surface area contributed by atoms with Crippen molar-refractivity contribution >= 4 is 28.4 Å². The van der Waals surface area contributed by atoms with Crippen LogP contribution in [0.1, 0.15) is 0 Å². The summed E-state index contributed by atoms with van der Waals surface area (Å²) in [6, 6.07) is 13.3. The highest BCUT2D eigenvalue weighted by Crippen LogP contribution is 2.15. The number of carbonyl (C=O) groups is 1. The molecule has 1 heterocycles. The van der Waals surface area contributed by atoms with Crippen LogP contribution in [0.3, 0.4) is 0 Å². The second-order valence-electron chi connectivity index (χ2n) is 4.34. The molecule has 0 aliphatic carbocycles. The van der Waals surface area contributed by atoms with Crippen LogP contribution in [0, 0.1) is 0 Å². The Morgan fingerprint density at radius 2 is 1.90 bits per heavy atom. The van der Waals surface area contributed by atoms with E-state index in [-0.39, 0.29) is 0 Å². The number of anilines is 2. The van der Waals surface area contributed by atoms with Gasteiger partial charge in [-0.25, -0.2) is 14.2 Å². The maximum atomic E-state index is 12.2. The average Bonchev–Trinajstić information content (AvgIpc) is 2.75. The van der Waals surface area contributed by atoms with Gasteiger partial charge in [0.25, 0.3) is 0 Å². The van der Waals surface area contributed by atoms with Gasteiger partial charge in [0.05, 0.1) is 11.0 Å². The number of imidazole rings is 1. The first-order chi connectivity index (χ1) is 9.65. The van der Waals surface area contributed by atoms with Crippen LogP contribution in [-0.2, 0) is 0 Å². The number of carbonyl (C=O) groups excluding carboxylic acids is 1. The highest BCUT2D eigenvalue weighted by molar-refractivity contribution is 5.97. The molecule has 0 atom stereocenters. The zero-order chi connectivity index (χ0) is 14.1. The van der Waals surface area contributed by atoms with E-state index in [0.29, 0.717) is 22.4 Å². The van der Waals surface area contributed by atoms with E-state index in [1.165, 1.54) is 0 Å². The third-order valence-corrected chi connectivity index (χ3v) is 2.94. The van der Waals surface area contributed by atoms with Crippen LogP contribution in [0.4, 0.5) is 16.2 Å². The van der Waals surface area contributed by atoms with Gasteiger partial charge in [-0.1, -0.05) is 18.2 Å². The Hall–Kier alpha value is -3.02. The monoisotopic (exact) mass is 268 g/mol. The zero-order valence-electron chi connectivity index (χ0n) is 10.5. The molecule has 4 N–H and O–H groups in total. The number of aromatic amines is 1. The SMILES string of the molecule is Nc1ccc2[nH]c(=O)n(C(=O)Nc3ccccc3)c2c1. The van der Waals surface area contributed by atoms with Crippen LogP contribution in [0.5, 0.6) is 0 Å². The molecule has 3 aromatic rings. The van der Waals surface area contributed by atoms with Gasteiger partial charge in [0.1, 0.15) is 0 Å². The van der Waals surface area contributed by atoms with E-state index >= 15 is 0 Å². The molecular weight excluding hydrogens is 256 g/mol. The van der Waals surface area contributed by atoms with Crippen LogP contribution in [0.2, 0.25) is 0 Å². The van der Waals surface area contributed by atoms with E-state index in [2.05, 4.69) is 10.3 Å². The normalized spacial score (nSPS) is 10.6. The topological polar surface area (TPSA) is 92.9 Å². The second kappa shape index (κ2) is 4.58. The van der Waals surface area contributed by atoms with E-state index in [4.69, 9.17) is 5.73 Å². The highest BCUT2D eigenvalue weighted by Gasteiger charge is 2.14. The summed E-state index contributed by atoms with van der Waals surface area (Å²) in [5, 5.41) is 2.66. The molecule has 3 rings (SSSR count). The van der Waals surface area contributed by atoms with Crippen molar-refractivity contribution in [1.29, 1.82) is 0 Å². The Balaban J connectivity index is 2.05. The van der Waals surface area contributed by atoms with Crippen molar-refractivity contribution < 1.29 is 4.79 Å². The maximum absolute atomic E-state index is 12.2. The van der Waals surface area contributed by atoms with Gasteiger partial charge < -0.3 is 16.0 Å². The molecule has 6 nitrogen and oxygen atoms in total. The molecule has 1 aromatic heterocycles. The standard InChI is InChI=1S/C14H12N4O2/c15-9-6-7-11-12(8-9)18(14(20)17-11)13(19)16-10-4-2-1-3-5-10/h1-8H,15H2,(H,16,19)(H,17,20). The summed E-state index contributed by atoms with van der Waals surface area (Å²) in [5.74, 6) is 0. The molecule has 0 aliphatic heterocycles. The first-order valence-corrected chi connectivity index (χ1v) is 6.02. The number of H-pyrrole nitrogens is 1. The smallest absolute Gasteiger partial charge is 0.334 e. The lowest BCUT2D eigenvalue weighted by molar-refractivity contribution is 0.253. The Morgan fingerprint density at radius 1 is 1.15 bits per heavy atom. The predicted octanol–water partition coefficient (Wildman–Crippen LogP) is 1.99. The molecule has 100 valence electrons. The van der Waals surface area contributed by atoms with Crippen LogP contribution >= 0.6 is 0 Å². The molecule has 0 saturated heterocycles. The fourth-order valence-corrected chi connectivity index (χ4v) is 2.02. The molecular formula is C14H12N4O2. The fraction of sp³-hybridized carbons (Fsp3) is 0. The summed E-state index contributed by atoms with van der Waals surface area (Å²) < 4.78 is 1.03. The number of aromatic nitrogens is 2. The predicted molar refractivity (Wildman–Crippen MR) is 77.8 cm³/mol. The van der Waals surface area contributed by atoms with Crippen molar-refractivity contribution in [2.45, 2.75) is 0 Å². The molecule has 0 bridgehead atoms. The largest absolute Gasteiger partial charge is 0.399 e. The molecule has 0 aliphatic rings. The number of rotatable bonds is 1. The number of nitrogen functional groups attached to an aromatic ring is 1. The number of para-hydroxylation sites is 1. The number of nitrogens with zero attached hydrogens (tertiary/aromatic N) is 1. The van der Waals surface area contributed by atoms with E-state index in [0.717, 1.165) is 4.57 Å². The van der Waals surface area contributed by atoms with Gasteiger partial charge in [0, 0.05) is 11.4 Å². The lowest BCUT2D eigenvalue weighted by Crippen LogP contribution is -2.29. The van der Waals surface area contributed by atoms with Crippen molar-refractivity contribution in [2.75, 3.05) is 11.1 Å². The van der Waals surface area contributed by atoms with Gasteiger partial charge in [-0.3, -0.25) is 0 Å². The van der Waals surface area contributed by atoms with Gasteiger partial charge in [0.2, 0.25) is 0 Å². The number of hydrogen-bond acceptors (Lipinski definition) is 3. The number of benzene rings is 2. The summed E-state index contributed by atoms with van der Waals surface area (Å²) in [4.78, 5) is 26.7. The molecule has 0 unspecified atom stereocenters. The molecule has 0 spiro atoms. The first kappa shape index (κ1) is 12.0. The Labute approximate surface area is 113 Å². The quantitative estimate of drug-likeness (QED) is 0.589. The number of hydrogen-bond donors (Lipinski definition) is 3. The molecule has 0 fully saturated rings. The van der Waals surface area contributed by atoms with Gasteiger partial charge in [0.15, 0.2) is 0 Å². The van der Waals surface area contributed by atoms with Crippen LogP contribution in [-0.4, -0.2) is 15.6 Å². The lowest BCUT2D eigenvalue weighted by Gasteiger charge is -2.05. The number of fused-ring (bicyclic) bond motifs is 1. The van der Waals surface area contributed by atoms with Crippen LogP contribution in [0.15, 0.2) is 53.3 Å². The highest BCUT2D eigenvalue weighted by atomic mass is 16.2. The molecule has 20 heavy (non-hydrogen) atoms. The van der Waals surface area contributed by atoms with Gasteiger partial charge in [-0.15, -0.1) is 0 Å². The van der Waals surface area contributed by atoms with Crippen molar-refractivity contribution in [1.82, 2.24) is 9.55 Å². The van der Waals surface area contributed by atoms with Crippen LogP contribution in [0.25, 0.3) is 11.0 Å². The molecule has 1 amide bonds. The molecule has 6 heteroatoms. The first-order valence-electron chi connectivity index (χ1n) is 6.02. The van der Waals surface area contributed by atoms with Crippen LogP contribution < -0.4 is 16.7 Å². The number of nitrogens with one attached hydrogen (secondary N) is 2. The Kier molecular flexibility index (Phi) is 2.76. The number of nitrogens with two attached hydrogens (primary N) is 1. The third kappa shape index (κ3) is 2.03. The molecule has 0 saturated carbocycles. The minimum atomic E-state index is -0.530. The fourth-order valence-electron chi connectivity index (χ4n) is 2.02. The maximum Gasteiger partial charge on any atom is 0.334 e. The van der Waals surface area contributed by atoms with Crippen molar-refractivity contribution in [3.63, 3.8) is 0 Å². The summed E-state index contributed by atoms with van der Waals surface area (Å²) in [5.41, 5.74) is 7.30. The van der Waals surface area contributed by atoms with Gasteiger partial charge in [-0.2, -0.15) is 0 Å². The van der Waals surface area contributed by atoms with Crippen molar-refractivity contribution in [3.8, 4) is 0 Å². The minimum Gasteiger partial charge on any atom is -0.399 e. The Morgan fingerprint density at radius 3 is 2.65 bits per heavy atom. The van der Waals surface area contributed by atoms with E-state index in [1.807, 2.05) is 6.07 Å². The third-order valence-electron chi connectivity index (χ3n) is 2.94. The molecule has 2 aromatic carbocycles. The average molecular weight is 268 g/mol. The van der Waals surface area contributed by atoms with Crippen molar-refractivity contribution in [2.24, 2.45) is 0 Å².